The summed E-state index contributed by atoms with van der Waals surface area (Å²) in [5.41, 5.74) is 10.2. The molecule has 4 heteroatoms. The molecule has 0 radical (unpaired) electrons. The number of aliphatic imine (C=N–C) groups is 1. The van der Waals surface area contributed by atoms with E-state index < -0.39 is 0 Å². The predicted molar refractivity (Wildman–Crippen MR) is 166 cm³/mol. The van der Waals surface area contributed by atoms with Gasteiger partial charge in [0.05, 0.1) is 5.71 Å². The molecule has 0 amide bonds. The fourth-order valence-electron chi connectivity index (χ4n) is 4.63. The van der Waals surface area contributed by atoms with Crippen LogP contribution in [0.3, 0.4) is 0 Å². The van der Waals surface area contributed by atoms with E-state index in [4.69, 9.17) is 4.99 Å². The molecule has 6 rings (SSSR count). The summed E-state index contributed by atoms with van der Waals surface area (Å²) in [7, 11) is 0. The van der Waals surface area contributed by atoms with Gasteiger partial charge < -0.3 is 5.32 Å². The summed E-state index contributed by atoms with van der Waals surface area (Å²) >= 11 is 7.09. The van der Waals surface area contributed by atoms with Crippen molar-refractivity contribution in [2.45, 2.75) is 6.17 Å². The Balaban J connectivity index is 1.34. The van der Waals surface area contributed by atoms with Crippen LogP contribution in [0.5, 0.6) is 0 Å². The van der Waals surface area contributed by atoms with E-state index in [0.29, 0.717) is 0 Å². The summed E-state index contributed by atoms with van der Waals surface area (Å²) in [6.45, 7) is 0. The van der Waals surface area contributed by atoms with Gasteiger partial charge in [0, 0.05) is 14.6 Å². The van der Waals surface area contributed by atoms with Crippen LogP contribution in [0.2, 0.25) is 0 Å². The molecule has 0 saturated heterocycles. The van der Waals surface area contributed by atoms with Crippen molar-refractivity contribution in [1.29, 1.82) is 0 Å². The van der Waals surface area contributed by atoms with E-state index in [-0.39, 0.29) is 6.17 Å². The Labute approximate surface area is 240 Å². The molecule has 1 aliphatic heterocycles. The van der Waals surface area contributed by atoms with E-state index in [1.165, 1.54) is 22.3 Å². The van der Waals surface area contributed by atoms with Crippen molar-refractivity contribution in [3.8, 4) is 22.3 Å². The van der Waals surface area contributed by atoms with Crippen molar-refractivity contribution < 1.29 is 0 Å². The van der Waals surface area contributed by atoms with Crippen LogP contribution in [0, 0.1) is 0 Å². The van der Waals surface area contributed by atoms with E-state index in [2.05, 4.69) is 165 Å². The molecule has 2 nitrogen and oxygen atoms in total. The fourth-order valence-corrected chi connectivity index (χ4v) is 5.16. The molecule has 0 saturated carbocycles. The minimum atomic E-state index is -0.177. The number of benzene rings is 5. The van der Waals surface area contributed by atoms with Gasteiger partial charge >= 0.3 is 0 Å². The Hall–Kier alpha value is -3.73. The van der Waals surface area contributed by atoms with Gasteiger partial charge in [0.2, 0.25) is 0 Å². The Bertz CT molecular complexity index is 1620. The van der Waals surface area contributed by atoms with Crippen molar-refractivity contribution in [2.24, 2.45) is 4.99 Å². The Morgan fingerprint density at radius 2 is 1.03 bits per heavy atom. The molecule has 0 fully saturated rings. The van der Waals surface area contributed by atoms with Crippen molar-refractivity contribution in [1.82, 2.24) is 5.32 Å². The lowest BCUT2D eigenvalue weighted by Crippen LogP contribution is -2.24. The summed E-state index contributed by atoms with van der Waals surface area (Å²) in [5.74, 6) is 0. The smallest absolute Gasteiger partial charge is 0.145 e. The molecule has 38 heavy (non-hydrogen) atoms. The van der Waals surface area contributed by atoms with Crippen LogP contribution in [0.25, 0.3) is 28.0 Å². The molecule has 0 bridgehead atoms. The van der Waals surface area contributed by atoms with Gasteiger partial charge in [-0.25, -0.2) is 0 Å². The number of nitrogens with zero attached hydrogens (tertiary/aromatic N) is 1. The standard InChI is InChI=1S/C34H24Br2N2/c35-30-17-13-26(14-18-30)33-22-32(37-34(38-33)27-15-19-31(36)20-16-27)25-11-9-24(10-12-25)29-8-4-7-28(21-29)23-5-2-1-3-6-23/h1-22,34,38H. The first-order valence-electron chi connectivity index (χ1n) is 12.5. The van der Waals surface area contributed by atoms with Crippen LogP contribution in [-0.2, 0) is 0 Å². The largest absolute Gasteiger partial charge is 0.360 e. The number of nitrogens with one attached hydrogen (secondary N) is 1. The maximum Gasteiger partial charge on any atom is 0.145 e. The zero-order valence-electron chi connectivity index (χ0n) is 20.5. The van der Waals surface area contributed by atoms with Crippen LogP contribution >= 0.6 is 31.9 Å². The van der Waals surface area contributed by atoms with Crippen LogP contribution in [-0.4, -0.2) is 5.71 Å². The Morgan fingerprint density at radius 3 is 1.68 bits per heavy atom. The molecular weight excluding hydrogens is 596 g/mol. The van der Waals surface area contributed by atoms with Crippen molar-refractivity contribution in [3.05, 3.63) is 159 Å². The molecule has 5 aromatic rings. The highest BCUT2D eigenvalue weighted by Crippen LogP contribution is 2.30. The first kappa shape index (κ1) is 24.6. The summed E-state index contributed by atoms with van der Waals surface area (Å²) in [5, 5.41) is 3.63. The zero-order valence-corrected chi connectivity index (χ0v) is 23.7. The third kappa shape index (κ3) is 5.42. The van der Waals surface area contributed by atoms with Crippen LogP contribution in [0.4, 0.5) is 0 Å². The molecule has 0 aliphatic carbocycles. The number of hydrogen-bond donors (Lipinski definition) is 1. The quantitative estimate of drug-likeness (QED) is 0.208. The summed E-state index contributed by atoms with van der Waals surface area (Å²) in [6, 6.07) is 44.6. The number of hydrogen-bond acceptors (Lipinski definition) is 2. The second-order valence-electron chi connectivity index (χ2n) is 9.20. The van der Waals surface area contributed by atoms with Crippen LogP contribution in [0.1, 0.15) is 22.9 Å². The van der Waals surface area contributed by atoms with E-state index in [1.54, 1.807) is 0 Å². The lowest BCUT2D eigenvalue weighted by atomic mass is 9.97. The highest BCUT2D eigenvalue weighted by molar-refractivity contribution is 9.10. The predicted octanol–water partition coefficient (Wildman–Crippen LogP) is 9.68. The molecule has 1 atom stereocenters. The molecule has 0 spiro atoms. The normalized spacial score (nSPS) is 14.8. The molecule has 5 aromatic carbocycles. The fraction of sp³-hybridized carbons (Fsp3) is 0.0294. The molecular formula is C34H24Br2N2. The molecule has 1 aliphatic rings. The SMILES string of the molecule is Brc1ccc(C2=CC(c3ccc(-c4cccc(-c5ccccc5)c4)cc3)=NC(c3ccc(Br)cc3)N2)cc1. The monoisotopic (exact) mass is 618 g/mol. The first-order chi connectivity index (χ1) is 18.6. The highest BCUT2D eigenvalue weighted by atomic mass is 79.9. The number of rotatable bonds is 5. The van der Waals surface area contributed by atoms with Gasteiger partial charge in [-0.2, -0.15) is 0 Å². The maximum atomic E-state index is 5.11. The van der Waals surface area contributed by atoms with E-state index in [1.807, 2.05) is 6.07 Å². The van der Waals surface area contributed by atoms with Crippen LogP contribution < -0.4 is 5.32 Å². The summed E-state index contributed by atoms with van der Waals surface area (Å²) in [6.07, 6.45) is 1.97. The first-order valence-corrected chi connectivity index (χ1v) is 14.0. The summed E-state index contributed by atoms with van der Waals surface area (Å²) < 4.78 is 2.11. The van der Waals surface area contributed by atoms with Crippen molar-refractivity contribution in [3.63, 3.8) is 0 Å². The van der Waals surface area contributed by atoms with Gasteiger partial charge in [0.25, 0.3) is 0 Å². The van der Waals surface area contributed by atoms with Gasteiger partial charge in [0.1, 0.15) is 6.17 Å². The highest BCUT2D eigenvalue weighted by Gasteiger charge is 2.19. The van der Waals surface area contributed by atoms with Crippen LogP contribution in [0.15, 0.2) is 147 Å². The van der Waals surface area contributed by atoms with Gasteiger partial charge in [-0.05, 0) is 75.4 Å². The zero-order chi connectivity index (χ0) is 25.9. The van der Waals surface area contributed by atoms with Crippen molar-refractivity contribution in [2.75, 3.05) is 0 Å². The minimum absolute atomic E-state index is 0.177. The number of allylic oxidation sites excluding steroid dienone is 1. The number of halogens is 2. The van der Waals surface area contributed by atoms with Gasteiger partial charge in [0.15, 0.2) is 0 Å². The van der Waals surface area contributed by atoms with E-state index in [0.717, 1.165) is 37.0 Å². The van der Waals surface area contributed by atoms with Gasteiger partial charge in [-0.15, -0.1) is 0 Å². The van der Waals surface area contributed by atoms with E-state index >= 15 is 0 Å². The molecule has 0 aromatic heterocycles. The maximum absolute atomic E-state index is 5.11. The molecule has 1 heterocycles. The lowest BCUT2D eigenvalue weighted by molar-refractivity contribution is 0.664. The average Bonchev–Trinajstić information content (AvgIpc) is 2.98. The Kier molecular flexibility index (Phi) is 7.08. The topological polar surface area (TPSA) is 24.4 Å². The third-order valence-electron chi connectivity index (χ3n) is 6.67. The Morgan fingerprint density at radius 1 is 0.500 bits per heavy atom. The minimum Gasteiger partial charge on any atom is -0.360 e. The van der Waals surface area contributed by atoms with Gasteiger partial charge in [-0.3, -0.25) is 4.99 Å². The third-order valence-corrected chi connectivity index (χ3v) is 7.72. The lowest BCUT2D eigenvalue weighted by Gasteiger charge is -2.25. The van der Waals surface area contributed by atoms with E-state index in [9.17, 15) is 0 Å². The molecule has 184 valence electrons. The van der Waals surface area contributed by atoms with Crippen molar-refractivity contribution >= 4 is 43.3 Å². The molecule has 1 unspecified atom stereocenters. The second kappa shape index (κ2) is 10.9. The second-order valence-corrected chi connectivity index (χ2v) is 11.0. The summed E-state index contributed by atoms with van der Waals surface area (Å²) in [4.78, 5) is 5.11. The van der Waals surface area contributed by atoms with Gasteiger partial charge in [-0.1, -0.05) is 129 Å². The average molecular weight is 620 g/mol. The molecule has 1 N–H and O–H groups in total.